The topological polar surface area (TPSA) is 66.8 Å². The Bertz CT molecular complexity index is 1120. The van der Waals surface area contributed by atoms with Gasteiger partial charge in [-0.3, -0.25) is 4.90 Å². The van der Waals surface area contributed by atoms with Gasteiger partial charge in [-0.2, -0.15) is 0 Å². The fraction of sp³-hybridized carbons (Fsp3) is 0.167. The first-order valence-corrected chi connectivity index (χ1v) is 9.63. The zero-order valence-electron chi connectivity index (χ0n) is 16.6. The molecular weight excluding hydrogens is 404 g/mol. The average molecular weight is 423 g/mol. The predicted molar refractivity (Wildman–Crippen MR) is 109 cm³/mol. The average Bonchev–Trinajstić information content (AvgIpc) is 3.10. The molecule has 31 heavy (non-hydrogen) atoms. The summed E-state index contributed by atoms with van der Waals surface area (Å²) < 4.78 is 32.0. The van der Waals surface area contributed by atoms with E-state index in [1.54, 1.807) is 0 Å². The first-order valence-electron chi connectivity index (χ1n) is 9.63. The highest BCUT2D eigenvalue weighted by atomic mass is 19.2. The number of carboxylic acids is 1. The van der Waals surface area contributed by atoms with Crippen molar-refractivity contribution in [3.8, 4) is 11.1 Å². The van der Waals surface area contributed by atoms with Gasteiger partial charge in [-0.1, -0.05) is 54.6 Å². The second-order valence-electron chi connectivity index (χ2n) is 7.26. The number of rotatable bonds is 5. The highest BCUT2D eigenvalue weighted by Gasteiger charge is 2.42. The molecule has 1 aliphatic carbocycles. The van der Waals surface area contributed by atoms with Crippen molar-refractivity contribution >= 4 is 12.1 Å². The third kappa shape index (κ3) is 3.63. The minimum atomic E-state index is -1.37. The van der Waals surface area contributed by atoms with Crippen LogP contribution < -0.4 is 0 Å². The van der Waals surface area contributed by atoms with Crippen LogP contribution in [0.3, 0.4) is 0 Å². The molecule has 0 spiro atoms. The molecule has 4 rings (SSSR count). The number of methoxy groups -OCH3 is 1. The number of benzene rings is 3. The van der Waals surface area contributed by atoms with Gasteiger partial charge in [0.2, 0.25) is 0 Å². The quantitative estimate of drug-likeness (QED) is 0.640. The first kappa shape index (κ1) is 20.5. The van der Waals surface area contributed by atoms with Crippen LogP contribution in [0.4, 0.5) is 13.6 Å². The van der Waals surface area contributed by atoms with Crippen molar-refractivity contribution in [1.82, 2.24) is 4.90 Å². The number of fused-ring (bicyclic) bond motifs is 3. The summed E-state index contributed by atoms with van der Waals surface area (Å²) in [6, 6.07) is 16.0. The largest absolute Gasteiger partial charge is 0.480 e. The molecule has 0 aliphatic heterocycles. The van der Waals surface area contributed by atoms with E-state index in [1.165, 1.54) is 13.2 Å². The molecule has 0 fully saturated rings. The lowest BCUT2D eigenvalue weighted by atomic mass is 9.98. The Labute approximate surface area is 177 Å². The van der Waals surface area contributed by atoms with E-state index in [1.807, 2.05) is 48.5 Å². The van der Waals surface area contributed by atoms with Gasteiger partial charge in [0.1, 0.15) is 6.04 Å². The van der Waals surface area contributed by atoms with Crippen molar-refractivity contribution in [2.24, 2.45) is 0 Å². The molecule has 1 N–H and O–H groups in total. The summed E-state index contributed by atoms with van der Waals surface area (Å²) in [5.41, 5.74) is 3.58. The van der Waals surface area contributed by atoms with E-state index in [2.05, 4.69) is 0 Å². The minimum absolute atomic E-state index is 0.220. The molecule has 5 nitrogen and oxygen atoms in total. The Morgan fingerprint density at radius 1 is 0.968 bits per heavy atom. The summed E-state index contributed by atoms with van der Waals surface area (Å²) >= 11 is 0. The third-order valence-electron chi connectivity index (χ3n) is 5.50. The molecule has 1 unspecified atom stereocenters. The fourth-order valence-corrected chi connectivity index (χ4v) is 4.14. The SMILES string of the molecule is COC(=O)N(C(Cc1ccc(F)c(F)c1)C(=O)O)C1c2ccccc2-c2ccccc21. The Balaban J connectivity index is 1.83. The molecular formula is C24H19F2NO4. The number of hydrogen-bond acceptors (Lipinski definition) is 3. The lowest BCUT2D eigenvalue weighted by molar-refractivity contribution is -0.143. The van der Waals surface area contributed by atoms with Crippen LogP contribution in [0.5, 0.6) is 0 Å². The smallest absolute Gasteiger partial charge is 0.411 e. The van der Waals surface area contributed by atoms with E-state index in [0.29, 0.717) is 0 Å². The van der Waals surface area contributed by atoms with Crippen LogP contribution in [0.25, 0.3) is 11.1 Å². The summed E-state index contributed by atoms with van der Waals surface area (Å²) in [5, 5.41) is 10.0. The lowest BCUT2D eigenvalue weighted by Gasteiger charge is -2.34. The summed E-state index contributed by atoms with van der Waals surface area (Å²) in [6.45, 7) is 0. The summed E-state index contributed by atoms with van der Waals surface area (Å²) in [5.74, 6) is -3.39. The van der Waals surface area contributed by atoms with Gasteiger partial charge in [-0.05, 0) is 39.9 Å². The van der Waals surface area contributed by atoms with Crippen LogP contribution in [0.15, 0.2) is 66.7 Å². The number of amides is 1. The molecule has 0 heterocycles. The van der Waals surface area contributed by atoms with Crippen LogP contribution in [-0.4, -0.2) is 35.2 Å². The fourth-order valence-electron chi connectivity index (χ4n) is 4.14. The maximum atomic E-state index is 13.7. The van der Waals surface area contributed by atoms with Gasteiger partial charge in [0.05, 0.1) is 13.2 Å². The van der Waals surface area contributed by atoms with E-state index in [9.17, 15) is 23.5 Å². The Morgan fingerprint density at radius 3 is 2.06 bits per heavy atom. The van der Waals surface area contributed by atoms with Crippen molar-refractivity contribution in [3.05, 3.63) is 95.1 Å². The number of ether oxygens (including phenoxy) is 1. The van der Waals surface area contributed by atoms with Gasteiger partial charge in [0, 0.05) is 6.42 Å². The molecule has 1 amide bonds. The van der Waals surface area contributed by atoms with Gasteiger partial charge in [0.25, 0.3) is 0 Å². The Kier molecular flexibility index (Phi) is 5.42. The molecule has 1 atom stereocenters. The summed E-state index contributed by atoms with van der Waals surface area (Å²) in [6.07, 6.45) is -1.05. The maximum Gasteiger partial charge on any atom is 0.411 e. The second-order valence-corrected chi connectivity index (χ2v) is 7.26. The third-order valence-corrected chi connectivity index (χ3v) is 5.50. The molecule has 3 aromatic carbocycles. The number of aliphatic carboxylic acids is 1. The predicted octanol–water partition coefficient (Wildman–Crippen LogP) is 4.80. The van der Waals surface area contributed by atoms with Gasteiger partial charge < -0.3 is 9.84 Å². The molecule has 0 saturated carbocycles. The number of hydrogen-bond donors (Lipinski definition) is 1. The van der Waals surface area contributed by atoms with Crippen LogP contribution in [0.2, 0.25) is 0 Å². The van der Waals surface area contributed by atoms with Crippen LogP contribution >= 0.6 is 0 Å². The normalized spacial score (nSPS) is 13.3. The number of nitrogens with zero attached hydrogens (tertiary/aromatic N) is 1. The Morgan fingerprint density at radius 2 is 1.55 bits per heavy atom. The van der Waals surface area contributed by atoms with E-state index in [0.717, 1.165) is 39.3 Å². The highest BCUT2D eigenvalue weighted by Crippen LogP contribution is 2.47. The van der Waals surface area contributed by atoms with E-state index < -0.39 is 35.8 Å². The monoisotopic (exact) mass is 423 g/mol. The van der Waals surface area contributed by atoms with Crippen molar-refractivity contribution in [1.29, 1.82) is 0 Å². The minimum Gasteiger partial charge on any atom is -0.480 e. The molecule has 0 aromatic heterocycles. The summed E-state index contributed by atoms with van der Waals surface area (Å²) in [4.78, 5) is 26.3. The van der Waals surface area contributed by atoms with Crippen LogP contribution in [0.1, 0.15) is 22.7 Å². The van der Waals surface area contributed by atoms with Crippen molar-refractivity contribution in [3.63, 3.8) is 0 Å². The zero-order chi connectivity index (χ0) is 22.1. The van der Waals surface area contributed by atoms with Gasteiger partial charge in [0.15, 0.2) is 11.6 Å². The van der Waals surface area contributed by atoms with E-state index in [4.69, 9.17) is 4.74 Å². The number of halogens is 2. The molecule has 0 bridgehead atoms. The van der Waals surface area contributed by atoms with Crippen molar-refractivity contribution in [2.45, 2.75) is 18.5 Å². The van der Waals surface area contributed by atoms with E-state index in [-0.39, 0.29) is 12.0 Å². The number of carbonyl (C=O) groups is 2. The molecule has 7 heteroatoms. The first-order chi connectivity index (χ1) is 14.9. The standard InChI is InChI=1S/C24H19F2NO4/c1-31-24(30)27(21(23(28)29)13-14-10-11-19(25)20(26)12-14)22-17-8-4-2-6-15(17)16-7-3-5-9-18(16)22/h2-12,21-22H,13H2,1H3,(H,28,29). The van der Waals surface area contributed by atoms with Gasteiger partial charge >= 0.3 is 12.1 Å². The second kappa shape index (κ2) is 8.18. The summed E-state index contributed by atoms with van der Waals surface area (Å²) in [7, 11) is 1.18. The zero-order valence-corrected chi connectivity index (χ0v) is 16.6. The van der Waals surface area contributed by atoms with Crippen molar-refractivity contribution in [2.75, 3.05) is 7.11 Å². The number of carbonyl (C=O) groups excluding carboxylic acids is 1. The van der Waals surface area contributed by atoms with Crippen molar-refractivity contribution < 1.29 is 28.2 Å². The lowest BCUT2D eigenvalue weighted by Crippen LogP contribution is -2.48. The van der Waals surface area contributed by atoms with Crippen LogP contribution in [-0.2, 0) is 16.0 Å². The van der Waals surface area contributed by atoms with Gasteiger partial charge in [-0.15, -0.1) is 0 Å². The molecule has 158 valence electrons. The van der Waals surface area contributed by atoms with Crippen LogP contribution in [0, 0.1) is 11.6 Å². The molecule has 0 saturated heterocycles. The molecule has 1 aliphatic rings. The molecule has 0 radical (unpaired) electrons. The highest BCUT2D eigenvalue weighted by molar-refractivity contribution is 5.85. The number of carboxylic acid groups (broad SMARTS) is 1. The van der Waals surface area contributed by atoms with Gasteiger partial charge in [-0.25, -0.2) is 18.4 Å². The maximum absolute atomic E-state index is 13.7. The Hall–Kier alpha value is -3.74. The van der Waals surface area contributed by atoms with E-state index >= 15 is 0 Å². The molecule has 3 aromatic rings.